The summed E-state index contributed by atoms with van der Waals surface area (Å²) in [6.45, 7) is 4.57. The fraction of sp³-hybridized carbons (Fsp3) is 0.364. The molecule has 0 spiro atoms. The van der Waals surface area contributed by atoms with E-state index in [2.05, 4.69) is 15.1 Å². The second kappa shape index (κ2) is 7.98. The average molecular weight is 428 g/mol. The lowest BCUT2D eigenvalue weighted by Crippen LogP contribution is -2.46. The van der Waals surface area contributed by atoms with Crippen molar-refractivity contribution in [3.63, 3.8) is 0 Å². The lowest BCUT2D eigenvalue weighted by molar-refractivity contribution is 0.249. The molecule has 29 heavy (non-hydrogen) atoms. The molecule has 2 aromatic carbocycles. The van der Waals surface area contributed by atoms with Crippen LogP contribution in [-0.4, -0.2) is 47.1 Å². The van der Waals surface area contributed by atoms with Crippen LogP contribution in [-0.2, 0) is 6.54 Å². The molecule has 0 bridgehead atoms. The number of nitrogens with zero attached hydrogens (tertiary/aromatic N) is 4. The van der Waals surface area contributed by atoms with Gasteiger partial charge in [0.15, 0.2) is 11.6 Å². The summed E-state index contributed by atoms with van der Waals surface area (Å²) >= 11 is 12.4. The number of rotatable bonds is 5. The SMILES string of the molecule is Clc1ccc(CN2CCN(c3nc4ccccc4nc3NC3CC3)CC2)c(Cl)c1. The van der Waals surface area contributed by atoms with Gasteiger partial charge in [-0.3, -0.25) is 4.90 Å². The molecule has 1 N–H and O–H groups in total. The number of anilines is 2. The van der Waals surface area contributed by atoms with Gasteiger partial charge in [0.2, 0.25) is 0 Å². The van der Waals surface area contributed by atoms with Crippen LogP contribution in [0.25, 0.3) is 11.0 Å². The first-order valence-corrected chi connectivity index (χ1v) is 10.9. The van der Waals surface area contributed by atoms with Crippen LogP contribution in [0.4, 0.5) is 11.6 Å². The summed E-state index contributed by atoms with van der Waals surface area (Å²) in [6, 6.07) is 14.4. The van der Waals surface area contributed by atoms with Crippen molar-refractivity contribution in [3.8, 4) is 0 Å². The maximum absolute atomic E-state index is 6.36. The van der Waals surface area contributed by atoms with Crippen molar-refractivity contribution >= 4 is 45.9 Å². The third kappa shape index (κ3) is 4.27. The van der Waals surface area contributed by atoms with Crippen molar-refractivity contribution < 1.29 is 0 Å². The van der Waals surface area contributed by atoms with Crippen molar-refractivity contribution in [2.24, 2.45) is 0 Å². The van der Waals surface area contributed by atoms with Crippen LogP contribution >= 0.6 is 23.2 Å². The lowest BCUT2D eigenvalue weighted by atomic mass is 10.2. The molecule has 1 aliphatic heterocycles. The molecule has 5 nitrogen and oxygen atoms in total. The van der Waals surface area contributed by atoms with E-state index in [0.717, 1.165) is 66.0 Å². The summed E-state index contributed by atoms with van der Waals surface area (Å²) in [7, 11) is 0. The summed E-state index contributed by atoms with van der Waals surface area (Å²) in [5.74, 6) is 1.89. The van der Waals surface area contributed by atoms with Gasteiger partial charge >= 0.3 is 0 Å². The van der Waals surface area contributed by atoms with E-state index in [4.69, 9.17) is 33.2 Å². The highest BCUT2D eigenvalue weighted by molar-refractivity contribution is 6.35. The molecule has 3 aromatic rings. The number of aromatic nitrogens is 2. The van der Waals surface area contributed by atoms with E-state index in [1.165, 1.54) is 12.8 Å². The largest absolute Gasteiger partial charge is 0.364 e. The maximum atomic E-state index is 6.36. The number of fused-ring (bicyclic) bond motifs is 1. The van der Waals surface area contributed by atoms with E-state index >= 15 is 0 Å². The van der Waals surface area contributed by atoms with E-state index in [0.29, 0.717) is 11.1 Å². The summed E-state index contributed by atoms with van der Waals surface area (Å²) in [6.07, 6.45) is 2.42. The smallest absolute Gasteiger partial charge is 0.172 e. The Morgan fingerprint density at radius 2 is 1.66 bits per heavy atom. The Balaban J connectivity index is 1.32. The predicted octanol–water partition coefficient (Wildman–Crippen LogP) is 4.83. The first kappa shape index (κ1) is 18.9. The van der Waals surface area contributed by atoms with E-state index in [1.54, 1.807) is 0 Å². The van der Waals surface area contributed by atoms with Gasteiger partial charge in [0, 0.05) is 48.8 Å². The number of nitrogens with one attached hydrogen (secondary N) is 1. The topological polar surface area (TPSA) is 44.3 Å². The van der Waals surface area contributed by atoms with Gasteiger partial charge in [0.25, 0.3) is 0 Å². The van der Waals surface area contributed by atoms with Gasteiger partial charge < -0.3 is 10.2 Å². The zero-order chi connectivity index (χ0) is 19.8. The summed E-state index contributed by atoms with van der Waals surface area (Å²) in [4.78, 5) is 14.6. The summed E-state index contributed by atoms with van der Waals surface area (Å²) < 4.78 is 0. The highest BCUT2D eigenvalue weighted by Gasteiger charge is 2.27. The molecule has 2 aliphatic rings. The second-order valence-corrected chi connectivity index (χ2v) is 8.65. The molecule has 1 aromatic heterocycles. The Kier molecular flexibility index (Phi) is 5.20. The van der Waals surface area contributed by atoms with Gasteiger partial charge in [0.05, 0.1) is 11.0 Å². The molecule has 2 heterocycles. The molecule has 5 rings (SSSR count). The number of piperazine rings is 1. The maximum Gasteiger partial charge on any atom is 0.172 e. The van der Waals surface area contributed by atoms with Gasteiger partial charge in [-0.15, -0.1) is 0 Å². The lowest BCUT2D eigenvalue weighted by Gasteiger charge is -2.36. The van der Waals surface area contributed by atoms with Crippen LogP contribution in [0.15, 0.2) is 42.5 Å². The minimum atomic E-state index is 0.539. The Morgan fingerprint density at radius 3 is 2.34 bits per heavy atom. The number of hydrogen-bond acceptors (Lipinski definition) is 5. The van der Waals surface area contributed by atoms with Crippen molar-refractivity contribution in [2.75, 3.05) is 36.4 Å². The third-order valence-electron chi connectivity index (χ3n) is 5.55. The fourth-order valence-electron chi connectivity index (χ4n) is 3.74. The molecule has 0 unspecified atom stereocenters. The number of hydrogen-bond donors (Lipinski definition) is 1. The number of para-hydroxylation sites is 2. The van der Waals surface area contributed by atoms with Crippen LogP contribution in [0.2, 0.25) is 10.0 Å². The molecule has 0 atom stereocenters. The third-order valence-corrected chi connectivity index (χ3v) is 6.14. The van der Waals surface area contributed by atoms with E-state index in [1.807, 2.05) is 42.5 Å². The molecule has 2 fully saturated rings. The van der Waals surface area contributed by atoms with Crippen LogP contribution in [0.3, 0.4) is 0 Å². The quantitative estimate of drug-likeness (QED) is 0.631. The molecule has 1 saturated carbocycles. The first-order chi connectivity index (χ1) is 14.2. The fourth-order valence-corrected chi connectivity index (χ4v) is 4.21. The summed E-state index contributed by atoms with van der Waals surface area (Å²) in [5.41, 5.74) is 3.00. The van der Waals surface area contributed by atoms with Crippen LogP contribution < -0.4 is 10.2 Å². The zero-order valence-electron chi connectivity index (χ0n) is 16.1. The molecule has 7 heteroatoms. The van der Waals surface area contributed by atoms with E-state index in [-0.39, 0.29) is 0 Å². The van der Waals surface area contributed by atoms with Crippen LogP contribution in [0.5, 0.6) is 0 Å². The molecular weight excluding hydrogens is 405 g/mol. The highest BCUT2D eigenvalue weighted by atomic mass is 35.5. The predicted molar refractivity (Wildman–Crippen MR) is 120 cm³/mol. The van der Waals surface area contributed by atoms with Crippen LogP contribution in [0.1, 0.15) is 18.4 Å². The van der Waals surface area contributed by atoms with Crippen molar-refractivity contribution in [1.82, 2.24) is 14.9 Å². The van der Waals surface area contributed by atoms with Crippen molar-refractivity contribution in [2.45, 2.75) is 25.4 Å². The highest BCUT2D eigenvalue weighted by Crippen LogP contribution is 2.31. The van der Waals surface area contributed by atoms with Gasteiger partial charge in [0.1, 0.15) is 0 Å². The van der Waals surface area contributed by atoms with E-state index < -0.39 is 0 Å². The van der Waals surface area contributed by atoms with Crippen LogP contribution in [0, 0.1) is 0 Å². The molecule has 0 radical (unpaired) electrons. The van der Waals surface area contributed by atoms with Gasteiger partial charge in [-0.05, 0) is 42.7 Å². The molecule has 0 amide bonds. The van der Waals surface area contributed by atoms with Crippen molar-refractivity contribution in [1.29, 1.82) is 0 Å². The monoisotopic (exact) mass is 427 g/mol. The minimum absolute atomic E-state index is 0.539. The Hall–Kier alpha value is -2.08. The Labute approximate surface area is 180 Å². The Morgan fingerprint density at radius 1 is 0.931 bits per heavy atom. The standard InChI is InChI=1S/C22H23Cl2N5/c23-16-6-5-15(18(24)13-16)14-28-9-11-29(12-10-28)22-21(25-17-7-8-17)26-19-3-1-2-4-20(19)27-22/h1-6,13,17H,7-12,14H2,(H,25,26). The number of halogens is 2. The van der Waals surface area contributed by atoms with Gasteiger partial charge in [-0.1, -0.05) is 41.4 Å². The van der Waals surface area contributed by atoms with Gasteiger partial charge in [-0.25, -0.2) is 9.97 Å². The average Bonchev–Trinajstić information content (AvgIpc) is 3.54. The first-order valence-electron chi connectivity index (χ1n) is 10.1. The van der Waals surface area contributed by atoms with E-state index in [9.17, 15) is 0 Å². The second-order valence-electron chi connectivity index (χ2n) is 7.80. The summed E-state index contributed by atoms with van der Waals surface area (Å²) in [5, 5.41) is 4.99. The molecule has 1 aliphatic carbocycles. The zero-order valence-corrected chi connectivity index (χ0v) is 17.6. The molecule has 150 valence electrons. The van der Waals surface area contributed by atoms with Crippen molar-refractivity contribution in [3.05, 3.63) is 58.1 Å². The molecule has 1 saturated heterocycles. The van der Waals surface area contributed by atoms with Gasteiger partial charge in [-0.2, -0.15) is 0 Å². The number of benzene rings is 2. The minimum Gasteiger partial charge on any atom is -0.364 e. The normalized spacial score (nSPS) is 17.7. The molecular formula is C22H23Cl2N5. The Bertz CT molecular complexity index is 1030.